The number of thiazole rings is 1. The summed E-state index contributed by atoms with van der Waals surface area (Å²) in [4.78, 5) is 20.9. The summed E-state index contributed by atoms with van der Waals surface area (Å²) in [5, 5.41) is 5.76. The van der Waals surface area contributed by atoms with Crippen LogP contribution in [0.4, 0.5) is 5.69 Å². The second kappa shape index (κ2) is 7.48. The van der Waals surface area contributed by atoms with E-state index in [1.54, 1.807) is 17.5 Å². The number of benzene rings is 1. The standard InChI is InChI=1S/C17H14BrN3OS/c18-13-5-1-2-6-14(13)21-16(22)9-8-12-11-23-17(20-12)15-7-3-4-10-19-15/h1-7,10-11H,8-9H2,(H,21,22). The molecule has 0 spiro atoms. The third-order valence-electron chi connectivity index (χ3n) is 3.19. The Labute approximate surface area is 146 Å². The van der Waals surface area contributed by atoms with Crippen LogP contribution in [-0.4, -0.2) is 15.9 Å². The van der Waals surface area contributed by atoms with E-state index >= 15 is 0 Å². The molecule has 2 heterocycles. The molecule has 0 aliphatic rings. The third-order valence-corrected chi connectivity index (χ3v) is 4.80. The Hall–Kier alpha value is -2.05. The van der Waals surface area contributed by atoms with Crippen molar-refractivity contribution < 1.29 is 4.79 Å². The number of anilines is 1. The molecule has 23 heavy (non-hydrogen) atoms. The van der Waals surface area contributed by atoms with Crippen LogP contribution in [0.15, 0.2) is 58.5 Å². The van der Waals surface area contributed by atoms with Gasteiger partial charge >= 0.3 is 0 Å². The third kappa shape index (κ3) is 4.24. The number of pyridine rings is 1. The van der Waals surface area contributed by atoms with Gasteiger partial charge in [0.25, 0.3) is 0 Å². The van der Waals surface area contributed by atoms with E-state index in [2.05, 4.69) is 31.2 Å². The van der Waals surface area contributed by atoms with Crippen molar-refractivity contribution in [3.8, 4) is 10.7 Å². The van der Waals surface area contributed by atoms with Crippen LogP contribution in [0.1, 0.15) is 12.1 Å². The average Bonchev–Trinajstić information content (AvgIpc) is 3.05. The molecule has 1 aromatic carbocycles. The number of amides is 1. The predicted octanol–water partition coefficient (Wildman–Crippen LogP) is 4.54. The van der Waals surface area contributed by atoms with Crippen LogP contribution in [0.5, 0.6) is 0 Å². The lowest BCUT2D eigenvalue weighted by atomic mass is 10.2. The predicted molar refractivity (Wildman–Crippen MR) is 96.4 cm³/mol. The number of rotatable bonds is 5. The lowest BCUT2D eigenvalue weighted by Crippen LogP contribution is -2.12. The van der Waals surface area contributed by atoms with Gasteiger partial charge in [-0.25, -0.2) is 4.98 Å². The fourth-order valence-corrected chi connectivity index (χ4v) is 3.26. The molecule has 0 aliphatic heterocycles. The van der Waals surface area contributed by atoms with Gasteiger partial charge in [-0.2, -0.15) is 0 Å². The van der Waals surface area contributed by atoms with Crippen molar-refractivity contribution in [3.63, 3.8) is 0 Å². The van der Waals surface area contributed by atoms with E-state index in [1.807, 2.05) is 47.8 Å². The molecule has 0 aliphatic carbocycles. The van der Waals surface area contributed by atoms with E-state index < -0.39 is 0 Å². The molecule has 4 nitrogen and oxygen atoms in total. The zero-order valence-corrected chi connectivity index (χ0v) is 14.6. The lowest BCUT2D eigenvalue weighted by Gasteiger charge is -2.06. The van der Waals surface area contributed by atoms with Crippen LogP contribution in [-0.2, 0) is 11.2 Å². The van der Waals surface area contributed by atoms with Crippen LogP contribution in [0.2, 0.25) is 0 Å². The van der Waals surface area contributed by atoms with Crippen molar-refractivity contribution in [2.45, 2.75) is 12.8 Å². The highest BCUT2D eigenvalue weighted by molar-refractivity contribution is 9.10. The van der Waals surface area contributed by atoms with E-state index in [0.29, 0.717) is 12.8 Å². The number of hydrogen-bond donors (Lipinski definition) is 1. The van der Waals surface area contributed by atoms with Gasteiger partial charge in [0.2, 0.25) is 5.91 Å². The number of hydrogen-bond acceptors (Lipinski definition) is 4. The average molecular weight is 388 g/mol. The molecule has 0 bridgehead atoms. The Balaban J connectivity index is 1.58. The van der Waals surface area contributed by atoms with Crippen molar-refractivity contribution in [1.29, 1.82) is 0 Å². The molecule has 6 heteroatoms. The van der Waals surface area contributed by atoms with Crippen LogP contribution in [0.25, 0.3) is 10.7 Å². The summed E-state index contributed by atoms with van der Waals surface area (Å²) in [7, 11) is 0. The van der Waals surface area contributed by atoms with Gasteiger partial charge in [0.1, 0.15) is 5.01 Å². The van der Waals surface area contributed by atoms with E-state index in [4.69, 9.17) is 0 Å². The minimum absolute atomic E-state index is 0.0238. The number of carbonyl (C=O) groups is 1. The molecular formula is C17H14BrN3OS. The number of aryl methyl sites for hydroxylation is 1. The maximum absolute atomic E-state index is 12.0. The molecular weight excluding hydrogens is 374 g/mol. The van der Waals surface area contributed by atoms with Gasteiger partial charge in [0, 0.05) is 22.5 Å². The van der Waals surface area contributed by atoms with E-state index in [9.17, 15) is 4.79 Å². The number of aromatic nitrogens is 2. The van der Waals surface area contributed by atoms with Gasteiger partial charge < -0.3 is 5.32 Å². The number of carbonyl (C=O) groups excluding carboxylic acids is 1. The van der Waals surface area contributed by atoms with E-state index in [0.717, 1.165) is 26.6 Å². The summed E-state index contributed by atoms with van der Waals surface area (Å²) in [6, 6.07) is 13.3. The second-order valence-electron chi connectivity index (χ2n) is 4.89. The number of nitrogens with zero attached hydrogens (tertiary/aromatic N) is 2. The molecule has 2 aromatic heterocycles. The Morgan fingerprint density at radius 1 is 1.17 bits per heavy atom. The minimum Gasteiger partial charge on any atom is -0.325 e. The molecule has 0 atom stereocenters. The summed E-state index contributed by atoms with van der Waals surface area (Å²) in [5.41, 5.74) is 2.56. The first kappa shape index (κ1) is 15.8. The summed E-state index contributed by atoms with van der Waals surface area (Å²) < 4.78 is 0.874. The summed E-state index contributed by atoms with van der Waals surface area (Å²) in [6.45, 7) is 0. The fourth-order valence-electron chi connectivity index (χ4n) is 2.05. The first-order chi connectivity index (χ1) is 11.2. The second-order valence-corrected chi connectivity index (χ2v) is 6.60. The number of para-hydroxylation sites is 1. The van der Waals surface area contributed by atoms with Gasteiger partial charge in [-0.1, -0.05) is 18.2 Å². The van der Waals surface area contributed by atoms with Crippen LogP contribution in [0.3, 0.4) is 0 Å². The van der Waals surface area contributed by atoms with Crippen LogP contribution in [0, 0.1) is 0 Å². The van der Waals surface area contributed by atoms with Crippen LogP contribution < -0.4 is 5.32 Å². The van der Waals surface area contributed by atoms with Crippen molar-refractivity contribution in [3.05, 3.63) is 64.2 Å². The molecule has 0 saturated carbocycles. The monoisotopic (exact) mass is 387 g/mol. The smallest absolute Gasteiger partial charge is 0.224 e. The normalized spacial score (nSPS) is 10.5. The lowest BCUT2D eigenvalue weighted by molar-refractivity contribution is -0.116. The highest BCUT2D eigenvalue weighted by Crippen LogP contribution is 2.23. The van der Waals surface area contributed by atoms with Gasteiger partial charge in [-0.3, -0.25) is 9.78 Å². The summed E-state index contributed by atoms with van der Waals surface area (Å²) >= 11 is 4.97. The molecule has 0 saturated heterocycles. The largest absolute Gasteiger partial charge is 0.325 e. The first-order valence-corrected chi connectivity index (χ1v) is 8.80. The zero-order valence-electron chi connectivity index (χ0n) is 12.2. The van der Waals surface area contributed by atoms with Crippen LogP contribution >= 0.6 is 27.3 Å². The SMILES string of the molecule is O=C(CCc1csc(-c2ccccn2)n1)Nc1ccccc1Br. The zero-order chi connectivity index (χ0) is 16.1. The Kier molecular flexibility index (Phi) is 5.15. The number of nitrogens with one attached hydrogen (secondary N) is 1. The topological polar surface area (TPSA) is 54.9 Å². The number of halogens is 1. The van der Waals surface area contributed by atoms with Gasteiger partial charge in [0.15, 0.2) is 0 Å². The molecule has 116 valence electrons. The minimum atomic E-state index is -0.0238. The van der Waals surface area contributed by atoms with Gasteiger partial charge in [0.05, 0.1) is 17.1 Å². The molecule has 0 fully saturated rings. The highest BCUT2D eigenvalue weighted by atomic mass is 79.9. The van der Waals surface area contributed by atoms with Crippen molar-refractivity contribution in [1.82, 2.24) is 9.97 Å². The Morgan fingerprint density at radius 3 is 2.78 bits per heavy atom. The van der Waals surface area contributed by atoms with Crippen molar-refractivity contribution >= 4 is 38.9 Å². The Morgan fingerprint density at radius 2 is 2.00 bits per heavy atom. The molecule has 3 rings (SSSR count). The Bertz CT molecular complexity index is 804. The maximum atomic E-state index is 12.0. The van der Waals surface area contributed by atoms with Crippen molar-refractivity contribution in [2.24, 2.45) is 0 Å². The molecule has 0 unspecified atom stereocenters. The molecule has 1 N–H and O–H groups in total. The highest BCUT2D eigenvalue weighted by Gasteiger charge is 2.09. The maximum Gasteiger partial charge on any atom is 0.224 e. The van der Waals surface area contributed by atoms with Gasteiger partial charge in [-0.05, 0) is 46.6 Å². The molecule has 3 aromatic rings. The first-order valence-electron chi connectivity index (χ1n) is 7.12. The molecule has 1 amide bonds. The quantitative estimate of drug-likeness (QED) is 0.698. The molecule has 0 radical (unpaired) electrons. The summed E-state index contributed by atoms with van der Waals surface area (Å²) in [6.07, 6.45) is 2.76. The van der Waals surface area contributed by atoms with E-state index in [1.165, 1.54) is 0 Å². The summed E-state index contributed by atoms with van der Waals surface area (Å²) in [5.74, 6) is -0.0238. The fraction of sp³-hybridized carbons (Fsp3) is 0.118. The van der Waals surface area contributed by atoms with Gasteiger partial charge in [-0.15, -0.1) is 11.3 Å². The van der Waals surface area contributed by atoms with Crippen molar-refractivity contribution in [2.75, 3.05) is 5.32 Å². The van der Waals surface area contributed by atoms with E-state index in [-0.39, 0.29) is 5.91 Å².